The Bertz CT molecular complexity index is 351. The van der Waals surface area contributed by atoms with Crippen LogP contribution in [0.4, 0.5) is 0 Å². The minimum atomic E-state index is 0.107. The van der Waals surface area contributed by atoms with Crippen LogP contribution < -0.4 is 0 Å². The maximum atomic E-state index is 5.90. The minimum absolute atomic E-state index is 0.107. The predicted molar refractivity (Wildman–Crippen MR) is 59.1 cm³/mol. The summed E-state index contributed by atoms with van der Waals surface area (Å²) < 4.78 is 17.2. The van der Waals surface area contributed by atoms with Crippen LogP contribution >= 0.6 is 0 Å². The Kier molecular flexibility index (Phi) is 2.67. The van der Waals surface area contributed by atoms with E-state index in [9.17, 15) is 0 Å². The number of hydrogen-bond acceptors (Lipinski definition) is 3. The molecular weight excluding hydrogens is 204 g/mol. The molecule has 0 spiro atoms. The van der Waals surface area contributed by atoms with E-state index in [-0.39, 0.29) is 24.4 Å². The van der Waals surface area contributed by atoms with Crippen LogP contribution in [0.25, 0.3) is 0 Å². The maximum Gasteiger partial charge on any atom is 0.115 e. The molecule has 3 heteroatoms. The zero-order valence-electron chi connectivity index (χ0n) is 9.34. The third-order valence-corrected chi connectivity index (χ3v) is 3.28. The highest BCUT2D eigenvalue weighted by Gasteiger charge is 2.49. The van der Waals surface area contributed by atoms with Crippen LogP contribution in [0.1, 0.15) is 12.5 Å². The van der Waals surface area contributed by atoms with Crippen LogP contribution in [-0.4, -0.2) is 31.0 Å². The van der Waals surface area contributed by atoms with Crippen LogP contribution in [0.5, 0.6) is 0 Å². The van der Waals surface area contributed by atoms with Gasteiger partial charge in [-0.25, -0.2) is 0 Å². The smallest absolute Gasteiger partial charge is 0.115 e. The van der Waals surface area contributed by atoms with E-state index in [2.05, 4.69) is 12.1 Å². The third-order valence-electron chi connectivity index (χ3n) is 3.28. The fourth-order valence-corrected chi connectivity index (χ4v) is 2.45. The van der Waals surface area contributed by atoms with Gasteiger partial charge in [-0.15, -0.1) is 0 Å². The Labute approximate surface area is 95.3 Å². The van der Waals surface area contributed by atoms with Crippen molar-refractivity contribution in [3.05, 3.63) is 35.9 Å². The standard InChI is InChI=1S/C13H16O3/c1-9-12-13(11(16-9)8-15-12)14-7-10-5-3-2-4-6-10/h2-6,9,11-13H,7-8H2,1H3/t9-,11+,12+,13-/m0/s1. The first-order valence-corrected chi connectivity index (χ1v) is 5.77. The minimum Gasteiger partial charge on any atom is -0.370 e. The molecule has 0 saturated carbocycles. The molecule has 16 heavy (non-hydrogen) atoms. The molecule has 4 atom stereocenters. The number of fused-ring (bicyclic) bond motifs is 2. The molecule has 3 rings (SSSR count). The molecule has 0 aliphatic carbocycles. The third kappa shape index (κ3) is 1.75. The zero-order chi connectivity index (χ0) is 11.0. The van der Waals surface area contributed by atoms with E-state index in [1.165, 1.54) is 5.56 Å². The van der Waals surface area contributed by atoms with E-state index < -0.39 is 0 Å². The van der Waals surface area contributed by atoms with E-state index in [0.717, 1.165) is 0 Å². The lowest BCUT2D eigenvalue weighted by Gasteiger charge is -2.17. The second-order valence-electron chi connectivity index (χ2n) is 4.44. The van der Waals surface area contributed by atoms with E-state index in [1.54, 1.807) is 0 Å². The Balaban J connectivity index is 1.60. The summed E-state index contributed by atoms with van der Waals surface area (Å²) in [5.74, 6) is 0. The maximum absolute atomic E-state index is 5.90. The largest absolute Gasteiger partial charge is 0.370 e. The van der Waals surface area contributed by atoms with Crippen molar-refractivity contribution < 1.29 is 14.2 Å². The summed E-state index contributed by atoms with van der Waals surface area (Å²) in [5, 5.41) is 0. The van der Waals surface area contributed by atoms with Crippen molar-refractivity contribution in [2.24, 2.45) is 0 Å². The quantitative estimate of drug-likeness (QED) is 0.776. The van der Waals surface area contributed by atoms with Gasteiger partial charge >= 0.3 is 0 Å². The van der Waals surface area contributed by atoms with Gasteiger partial charge < -0.3 is 14.2 Å². The lowest BCUT2D eigenvalue weighted by atomic mass is 10.1. The van der Waals surface area contributed by atoms with Crippen LogP contribution in [0.15, 0.2) is 30.3 Å². The number of ether oxygens (including phenoxy) is 3. The van der Waals surface area contributed by atoms with Gasteiger partial charge in [-0.3, -0.25) is 0 Å². The Morgan fingerprint density at radius 1 is 1.31 bits per heavy atom. The number of benzene rings is 1. The molecule has 0 radical (unpaired) electrons. The van der Waals surface area contributed by atoms with Gasteiger partial charge in [-0.2, -0.15) is 0 Å². The molecule has 3 nitrogen and oxygen atoms in total. The fourth-order valence-electron chi connectivity index (χ4n) is 2.45. The van der Waals surface area contributed by atoms with E-state index in [0.29, 0.717) is 13.2 Å². The van der Waals surface area contributed by atoms with Crippen molar-refractivity contribution in [2.45, 2.75) is 37.9 Å². The molecule has 2 fully saturated rings. The first kappa shape index (κ1) is 10.3. The Hall–Kier alpha value is -0.900. The highest BCUT2D eigenvalue weighted by atomic mass is 16.6. The average molecular weight is 220 g/mol. The highest BCUT2D eigenvalue weighted by Crippen LogP contribution is 2.33. The van der Waals surface area contributed by atoms with Crippen molar-refractivity contribution in [2.75, 3.05) is 6.61 Å². The van der Waals surface area contributed by atoms with E-state index >= 15 is 0 Å². The van der Waals surface area contributed by atoms with Gasteiger partial charge in [-0.1, -0.05) is 30.3 Å². The summed E-state index contributed by atoms with van der Waals surface area (Å²) >= 11 is 0. The summed E-state index contributed by atoms with van der Waals surface area (Å²) in [4.78, 5) is 0. The number of hydrogen-bond donors (Lipinski definition) is 0. The molecule has 86 valence electrons. The summed E-state index contributed by atoms with van der Waals surface area (Å²) in [6.07, 6.45) is 0.521. The Morgan fingerprint density at radius 3 is 2.75 bits per heavy atom. The van der Waals surface area contributed by atoms with Crippen LogP contribution in [-0.2, 0) is 20.8 Å². The highest BCUT2D eigenvalue weighted by molar-refractivity contribution is 5.13. The van der Waals surface area contributed by atoms with Gasteiger partial charge in [0.25, 0.3) is 0 Å². The van der Waals surface area contributed by atoms with Crippen LogP contribution in [0.3, 0.4) is 0 Å². The second kappa shape index (κ2) is 4.17. The molecule has 2 aliphatic rings. The van der Waals surface area contributed by atoms with E-state index in [4.69, 9.17) is 14.2 Å². The summed E-state index contributed by atoms with van der Waals surface area (Å²) in [6, 6.07) is 10.2. The molecule has 2 heterocycles. The molecular formula is C13H16O3. The summed E-state index contributed by atoms with van der Waals surface area (Å²) in [5.41, 5.74) is 1.20. The zero-order valence-corrected chi connectivity index (χ0v) is 9.34. The average Bonchev–Trinajstić information content (AvgIpc) is 2.83. The molecule has 0 aromatic heterocycles. The summed E-state index contributed by atoms with van der Waals surface area (Å²) in [7, 11) is 0. The molecule has 2 bridgehead atoms. The van der Waals surface area contributed by atoms with Crippen molar-refractivity contribution in [3.8, 4) is 0 Å². The van der Waals surface area contributed by atoms with Gasteiger partial charge in [0, 0.05) is 0 Å². The van der Waals surface area contributed by atoms with Gasteiger partial charge in [0.15, 0.2) is 0 Å². The monoisotopic (exact) mass is 220 g/mol. The van der Waals surface area contributed by atoms with Crippen molar-refractivity contribution in [1.82, 2.24) is 0 Å². The van der Waals surface area contributed by atoms with E-state index in [1.807, 2.05) is 25.1 Å². The van der Waals surface area contributed by atoms with Crippen molar-refractivity contribution in [1.29, 1.82) is 0 Å². The van der Waals surface area contributed by atoms with Crippen LogP contribution in [0, 0.1) is 0 Å². The lowest BCUT2D eigenvalue weighted by Crippen LogP contribution is -2.29. The van der Waals surface area contributed by atoms with Crippen LogP contribution in [0.2, 0.25) is 0 Å². The van der Waals surface area contributed by atoms with Gasteiger partial charge in [0.05, 0.1) is 19.3 Å². The molecule has 0 amide bonds. The molecule has 0 N–H and O–H groups in total. The van der Waals surface area contributed by atoms with Crippen molar-refractivity contribution >= 4 is 0 Å². The summed E-state index contributed by atoms with van der Waals surface area (Å²) in [6.45, 7) is 3.36. The topological polar surface area (TPSA) is 27.7 Å². The molecule has 0 unspecified atom stereocenters. The van der Waals surface area contributed by atoms with Gasteiger partial charge in [-0.05, 0) is 12.5 Å². The molecule has 2 saturated heterocycles. The fraction of sp³-hybridized carbons (Fsp3) is 0.538. The Morgan fingerprint density at radius 2 is 2.12 bits per heavy atom. The first-order chi connectivity index (χ1) is 7.84. The lowest BCUT2D eigenvalue weighted by molar-refractivity contribution is -0.0839. The predicted octanol–water partition coefficient (Wildman–Crippen LogP) is 1.76. The van der Waals surface area contributed by atoms with Crippen molar-refractivity contribution in [3.63, 3.8) is 0 Å². The normalized spacial score (nSPS) is 36.8. The van der Waals surface area contributed by atoms with Gasteiger partial charge in [0.1, 0.15) is 18.3 Å². The van der Waals surface area contributed by atoms with Gasteiger partial charge in [0.2, 0.25) is 0 Å². The number of rotatable bonds is 3. The molecule has 2 aliphatic heterocycles. The first-order valence-electron chi connectivity index (χ1n) is 5.77. The second-order valence-corrected chi connectivity index (χ2v) is 4.44. The SMILES string of the molecule is C[C@@H]1O[C@@H]2CO[C@H]1[C@H]2OCc1ccccc1. The molecule has 1 aromatic rings. The molecule has 1 aromatic carbocycles.